The van der Waals surface area contributed by atoms with Crippen molar-refractivity contribution >= 4 is 29.3 Å². The SMILES string of the molecule is CC(C)(C)OC(=O)N1CCN[C@H](c2c(Cl)cccc2Cl)C1. The number of halogens is 2. The van der Waals surface area contributed by atoms with E-state index in [2.05, 4.69) is 5.32 Å². The van der Waals surface area contributed by atoms with E-state index in [1.165, 1.54) is 0 Å². The highest BCUT2D eigenvalue weighted by Gasteiger charge is 2.29. The van der Waals surface area contributed by atoms with Crippen molar-refractivity contribution in [1.29, 1.82) is 0 Å². The lowest BCUT2D eigenvalue weighted by molar-refractivity contribution is 0.0195. The first kappa shape index (κ1) is 16.4. The molecule has 1 aliphatic rings. The predicted octanol–water partition coefficient (Wildman–Crippen LogP) is 3.87. The smallest absolute Gasteiger partial charge is 0.410 e. The lowest BCUT2D eigenvalue weighted by Gasteiger charge is -2.35. The molecular formula is C15H20Cl2N2O2. The Kier molecular flexibility index (Phi) is 5.02. The average molecular weight is 331 g/mol. The molecule has 4 nitrogen and oxygen atoms in total. The molecule has 0 spiro atoms. The summed E-state index contributed by atoms with van der Waals surface area (Å²) in [5.41, 5.74) is 0.327. The summed E-state index contributed by atoms with van der Waals surface area (Å²) >= 11 is 12.5. The Bertz CT molecular complexity index is 509. The fourth-order valence-electron chi connectivity index (χ4n) is 2.28. The Labute approximate surface area is 135 Å². The van der Waals surface area contributed by atoms with Crippen molar-refractivity contribution in [1.82, 2.24) is 10.2 Å². The van der Waals surface area contributed by atoms with Crippen LogP contribution in [-0.4, -0.2) is 36.2 Å². The molecule has 1 aromatic rings. The topological polar surface area (TPSA) is 41.6 Å². The van der Waals surface area contributed by atoms with Crippen LogP contribution in [0.3, 0.4) is 0 Å². The molecule has 1 heterocycles. The van der Waals surface area contributed by atoms with E-state index in [9.17, 15) is 4.79 Å². The van der Waals surface area contributed by atoms with E-state index in [0.717, 1.165) is 5.56 Å². The standard InChI is InChI=1S/C15H20Cl2N2O2/c1-15(2,3)21-14(20)19-8-7-18-12(9-19)13-10(16)5-4-6-11(13)17/h4-6,12,18H,7-9H2,1-3H3/t12-/m0/s1. The number of ether oxygens (including phenoxy) is 1. The highest BCUT2D eigenvalue weighted by Crippen LogP contribution is 2.31. The number of amides is 1. The van der Waals surface area contributed by atoms with Crippen LogP contribution in [0.5, 0.6) is 0 Å². The number of hydrogen-bond acceptors (Lipinski definition) is 3. The zero-order chi connectivity index (χ0) is 15.6. The summed E-state index contributed by atoms with van der Waals surface area (Å²) in [5, 5.41) is 4.55. The van der Waals surface area contributed by atoms with Crippen molar-refractivity contribution in [3.63, 3.8) is 0 Å². The fourth-order valence-corrected chi connectivity index (χ4v) is 2.94. The number of hydrogen-bond donors (Lipinski definition) is 1. The molecule has 0 aromatic heterocycles. The molecule has 0 bridgehead atoms. The summed E-state index contributed by atoms with van der Waals surface area (Å²) < 4.78 is 5.42. The maximum atomic E-state index is 12.2. The molecule has 1 N–H and O–H groups in total. The minimum absolute atomic E-state index is 0.0903. The number of carbonyl (C=O) groups is 1. The van der Waals surface area contributed by atoms with Crippen LogP contribution in [0, 0.1) is 0 Å². The van der Waals surface area contributed by atoms with Gasteiger partial charge in [-0.05, 0) is 32.9 Å². The van der Waals surface area contributed by atoms with Gasteiger partial charge in [0.1, 0.15) is 5.60 Å². The molecule has 116 valence electrons. The zero-order valence-electron chi connectivity index (χ0n) is 12.5. The highest BCUT2D eigenvalue weighted by atomic mass is 35.5. The van der Waals surface area contributed by atoms with Gasteiger partial charge in [0.05, 0.1) is 6.04 Å². The van der Waals surface area contributed by atoms with Gasteiger partial charge >= 0.3 is 6.09 Å². The average Bonchev–Trinajstić information content (AvgIpc) is 2.37. The third-order valence-electron chi connectivity index (χ3n) is 3.18. The first-order valence-corrected chi connectivity index (χ1v) is 7.69. The summed E-state index contributed by atoms with van der Waals surface area (Å²) in [7, 11) is 0. The zero-order valence-corrected chi connectivity index (χ0v) is 14.0. The van der Waals surface area contributed by atoms with Crippen molar-refractivity contribution in [2.45, 2.75) is 32.4 Å². The third kappa shape index (κ3) is 4.25. The first-order chi connectivity index (χ1) is 9.78. The summed E-state index contributed by atoms with van der Waals surface area (Å²) in [5.74, 6) is 0. The molecule has 0 unspecified atom stereocenters. The van der Waals surface area contributed by atoms with Crippen LogP contribution in [0.15, 0.2) is 18.2 Å². The van der Waals surface area contributed by atoms with Crippen LogP contribution in [0.2, 0.25) is 10.0 Å². The van der Waals surface area contributed by atoms with Crippen molar-refractivity contribution in [2.75, 3.05) is 19.6 Å². The minimum Gasteiger partial charge on any atom is -0.444 e. The van der Waals surface area contributed by atoms with Crippen LogP contribution in [-0.2, 0) is 4.74 Å². The number of carbonyl (C=O) groups excluding carboxylic acids is 1. The second kappa shape index (κ2) is 6.42. The van der Waals surface area contributed by atoms with Gasteiger partial charge in [-0.25, -0.2) is 4.79 Å². The Morgan fingerprint density at radius 3 is 2.52 bits per heavy atom. The third-order valence-corrected chi connectivity index (χ3v) is 3.83. The molecule has 0 saturated carbocycles. The predicted molar refractivity (Wildman–Crippen MR) is 85.0 cm³/mol. The van der Waals surface area contributed by atoms with E-state index in [0.29, 0.717) is 29.7 Å². The molecule has 6 heteroatoms. The lowest BCUT2D eigenvalue weighted by atomic mass is 10.0. The van der Waals surface area contributed by atoms with Gasteiger partial charge in [-0.1, -0.05) is 29.3 Å². The van der Waals surface area contributed by atoms with Gasteiger partial charge in [-0.3, -0.25) is 0 Å². The van der Waals surface area contributed by atoms with Crippen molar-refractivity contribution in [3.8, 4) is 0 Å². The van der Waals surface area contributed by atoms with Crippen molar-refractivity contribution in [2.24, 2.45) is 0 Å². The van der Waals surface area contributed by atoms with Gasteiger partial charge in [0.25, 0.3) is 0 Å². The van der Waals surface area contributed by atoms with E-state index in [4.69, 9.17) is 27.9 Å². The van der Waals surface area contributed by atoms with E-state index < -0.39 is 5.60 Å². The number of nitrogens with zero attached hydrogens (tertiary/aromatic N) is 1. The number of benzene rings is 1. The highest BCUT2D eigenvalue weighted by molar-refractivity contribution is 6.36. The molecule has 0 aliphatic carbocycles. The molecule has 1 aromatic carbocycles. The largest absolute Gasteiger partial charge is 0.444 e. The molecule has 1 aliphatic heterocycles. The Balaban J connectivity index is 2.13. The van der Waals surface area contributed by atoms with Gasteiger partial charge in [0, 0.05) is 35.2 Å². The molecule has 2 rings (SSSR count). The van der Waals surface area contributed by atoms with Crippen LogP contribution in [0.4, 0.5) is 4.79 Å². The lowest BCUT2D eigenvalue weighted by Crippen LogP contribution is -2.49. The van der Waals surface area contributed by atoms with E-state index in [1.54, 1.807) is 17.0 Å². The molecule has 21 heavy (non-hydrogen) atoms. The maximum Gasteiger partial charge on any atom is 0.410 e. The van der Waals surface area contributed by atoms with Gasteiger partial charge in [0.15, 0.2) is 0 Å². The van der Waals surface area contributed by atoms with Gasteiger partial charge < -0.3 is 15.0 Å². The Morgan fingerprint density at radius 2 is 1.95 bits per heavy atom. The molecule has 1 atom stereocenters. The number of piperazine rings is 1. The Hall–Kier alpha value is -0.970. The van der Waals surface area contributed by atoms with E-state index in [1.807, 2.05) is 26.8 Å². The van der Waals surface area contributed by atoms with E-state index >= 15 is 0 Å². The van der Waals surface area contributed by atoms with Gasteiger partial charge in [-0.15, -0.1) is 0 Å². The molecule has 1 amide bonds. The number of nitrogens with one attached hydrogen (secondary N) is 1. The van der Waals surface area contributed by atoms with Crippen LogP contribution in [0.1, 0.15) is 32.4 Å². The molecule has 0 radical (unpaired) electrons. The van der Waals surface area contributed by atoms with Crippen molar-refractivity contribution in [3.05, 3.63) is 33.8 Å². The molecule has 1 saturated heterocycles. The number of rotatable bonds is 1. The van der Waals surface area contributed by atoms with E-state index in [-0.39, 0.29) is 12.1 Å². The summed E-state index contributed by atoms with van der Waals surface area (Å²) in [4.78, 5) is 13.9. The second-order valence-electron chi connectivity index (χ2n) is 6.07. The Morgan fingerprint density at radius 1 is 1.33 bits per heavy atom. The summed E-state index contributed by atoms with van der Waals surface area (Å²) in [6.45, 7) is 7.33. The quantitative estimate of drug-likeness (QED) is 0.849. The summed E-state index contributed by atoms with van der Waals surface area (Å²) in [6, 6.07) is 5.32. The van der Waals surface area contributed by atoms with Crippen LogP contribution in [0.25, 0.3) is 0 Å². The fraction of sp³-hybridized carbons (Fsp3) is 0.533. The molecular weight excluding hydrogens is 311 g/mol. The van der Waals surface area contributed by atoms with Gasteiger partial charge in [0.2, 0.25) is 0 Å². The summed E-state index contributed by atoms with van der Waals surface area (Å²) in [6.07, 6.45) is -0.308. The van der Waals surface area contributed by atoms with Gasteiger partial charge in [-0.2, -0.15) is 0 Å². The minimum atomic E-state index is -0.501. The van der Waals surface area contributed by atoms with Crippen molar-refractivity contribution < 1.29 is 9.53 Å². The monoisotopic (exact) mass is 330 g/mol. The first-order valence-electron chi connectivity index (χ1n) is 6.93. The van der Waals surface area contributed by atoms with Crippen LogP contribution >= 0.6 is 23.2 Å². The normalized spacial score (nSPS) is 19.5. The molecule has 1 fully saturated rings. The van der Waals surface area contributed by atoms with Crippen LogP contribution < -0.4 is 5.32 Å². The second-order valence-corrected chi connectivity index (χ2v) is 6.88. The maximum absolute atomic E-state index is 12.2.